The number of hydrogen-bond donors (Lipinski definition) is 1. The summed E-state index contributed by atoms with van der Waals surface area (Å²) in [5.41, 5.74) is 5.53. The molecule has 0 aliphatic rings. The smallest absolute Gasteiger partial charge is 0.337 e. The van der Waals surface area contributed by atoms with E-state index in [-0.39, 0.29) is 5.97 Å². The molecule has 0 aromatic heterocycles. The van der Waals surface area contributed by atoms with E-state index in [0.717, 1.165) is 11.3 Å². The van der Waals surface area contributed by atoms with Gasteiger partial charge in [-0.25, -0.2) is 4.79 Å². The Bertz CT molecular complexity index is 731. The van der Waals surface area contributed by atoms with Crippen molar-refractivity contribution >= 4 is 32.2 Å². The van der Waals surface area contributed by atoms with Gasteiger partial charge < -0.3 is 4.74 Å². The molecule has 110 valence electrons. The second-order valence-electron chi connectivity index (χ2n) is 4.27. The summed E-state index contributed by atoms with van der Waals surface area (Å²) in [6, 6.07) is 15.9. The van der Waals surface area contributed by atoms with Crippen molar-refractivity contribution in [1.82, 2.24) is 0 Å². The Morgan fingerprint density at radius 1 is 1.14 bits per heavy atom. The maximum atomic E-state index is 11.4. The number of rotatable bonds is 4. The Labute approximate surface area is 136 Å². The van der Waals surface area contributed by atoms with Gasteiger partial charge in [0.2, 0.25) is 0 Å². The quantitative estimate of drug-likeness (QED) is 0.516. The number of anilines is 1. The van der Waals surface area contributed by atoms with Crippen LogP contribution >= 0.6 is 15.9 Å². The van der Waals surface area contributed by atoms with Crippen LogP contribution in [-0.4, -0.2) is 17.7 Å². The van der Waals surface area contributed by atoms with Crippen molar-refractivity contribution in [2.45, 2.75) is 0 Å². The average Bonchev–Trinajstić information content (AvgIpc) is 2.59. The minimum Gasteiger partial charge on any atom is -0.465 e. The molecule has 0 radical (unpaired) electrons. The number of nitriles is 1. The van der Waals surface area contributed by atoms with Crippen LogP contribution < -0.4 is 5.43 Å². The molecule has 0 saturated carbocycles. The number of methoxy groups -OCH3 is 1. The molecule has 0 aliphatic heterocycles. The fourth-order valence-electron chi connectivity index (χ4n) is 1.66. The van der Waals surface area contributed by atoms with E-state index >= 15 is 0 Å². The van der Waals surface area contributed by atoms with E-state index in [1.54, 1.807) is 48.5 Å². The summed E-state index contributed by atoms with van der Waals surface area (Å²) >= 11 is 3.37. The fourth-order valence-corrected chi connectivity index (χ4v) is 2.01. The maximum Gasteiger partial charge on any atom is 0.337 e. The highest BCUT2D eigenvalue weighted by molar-refractivity contribution is 9.18. The molecule has 6 heteroatoms. The van der Waals surface area contributed by atoms with Gasteiger partial charge in [-0.3, -0.25) is 5.43 Å². The minimum atomic E-state index is -0.379. The van der Waals surface area contributed by atoms with Crippen molar-refractivity contribution < 1.29 is 9.53 Å². The molecule has 0 amide bonds. The van der Waals surface area contributed by atoms with Crippen LogP contribution in [0.4, 0.5) is 5.69 Å². The van der Waals surface area contributed by atoms with Gasteiger partial charge in [0.05, 0.1) is 30.0 Å². The van der Waals surface area contributed by atoms with Gasteiger partial charge in [0.15, 0.2) is 0 Å². The van der Waals surface area contributed by atoms with Crippen LogP contribution in [0.1, 0.15) is 21.5 Å². The molecule has 0 fully saturated rings. The summed E-state index contributed by atoms with van der Waals surface area (Å²) in [5, 5.41) is 12.9. The number of halogens is 1. The van der Waals surface area contributed by atoms with Crippen molar-refractivity contribution in [1.29, 1.82) is 5.26 Å². The zero-order chi connectivity index (χ0) is 15.9. The molecule has 0 unspecified atom stereocenters. The molecule has 22 heavy (non-hydrogen) atoms. The largest absolute Gasteiger partial charge is 0.465 e. The minimum absolute atomic E-state index is 0.379. The van der Waals surface area contributed by atoms with Gasteiger partial charge in [-0.15, -0.1) is 0 Å². The predicted octanol–water partition coefficient (Wildman–Crippen LogP) is 3.51. The first-order valence-electron chi connectivity index (χ1n) is 6.32. The van der Waals surface area contributed by atoms with Gasteiger partial charge in [-0.1, -0.05) is 12.1 Å². The van der Waals surface area contributed by atoms with E-state index in [9.17, 15) is 4.79 Å². The van der Waals surface area contributed by atoms with Crippen molar-refractivity contribution in [3.8, 4) is 6.07 Å². The number of ether oxygens (including phenoxy) is 1. The number of hydrazone groups is 1. The third-order valence-corrected chi connectivity index (χ3v) is 3.48. The lowest BCUT2D eigenvalue weighted by atomic mass is 10.1. The Morgan fingerprint density at radius 3 is 2.27 bits per heavy atom. The van der Waals surface area contributed by atoms with Crippen molar-refractivity contribution in [2.24, 2.45) is 5.10 Å². The van der Waals surface area contributed by atoms with Crippen LogP contribution in [-0.2, 0) is 4.74 Å². The molecule has 1 N–H and O–H groups in total. The predicted molar refractivity (Wildman–Crippen MR) is 88.0 cm³/mol. The van der Waals surface area contributed by atoms with E-state index in [4.69, 9.17) is 5.26 Å². The molecule has 0 aliphatic carbocycles. The van der Waals surface area contributed by atoms with Crippen molar-refractivity contribution in [3.05, 3.63) is 65.2 Å². The Morgan fingerprint density at radius 2 is 1.73 bits per heavy atom. The summed E-state index contributed by atoms with van der Waals surface area (Å²) in [6.45, 7) is 0. The number of esters is 1. The van der Waals surface area contributed by atoms with E-state index in [1.807, 2.05) is 0 Å². The standard InChI is InChI=1S/C16H12BrN3O2/c1-22-16(21)13-6-4-12(5-7-13)15(17)20-19-14-8-2-11(10-18)3-9-14/h2-9,19H,1H3/b20-15-. The molecule has 0 bridgehead atoms. The molecular weight excluding hydrogens is 346 g/mol. The van der Waals surface area contributed by atoms with Crippen LogP contribution in [0.5, 0.6) is 0 Å². The van der Waals surface area contributed by atoms with Crippen molar-refractivity contribution in [2.75, 3.05) is 12.5 Å². The topological polar surface area (TPSA) is 74.5 Å². The molecule has 2 rings (SSSR count). The molecular formula is C16H12BrN3O2. The lowest BCUT2D eigenvalue weighted by molar-refractivity contribution is 0.0600. The number of benzene rings is 2. The van der Waals surface area contributed by atoms with Gasteiger partial charge in [-0.05, 0) is 52.3 Å². The average molecular weight is 358 g/mol. The molecule has 2 aromatic rings. The third kappa shape index (κ3) is 3.93. The zero-order valence-electron chi connectivity index (χ0n) is 11.7. The zero-order valence-corrected chi connectivity index (χ0v) is 13.3. The summed E-state index contributed by atoms with van der Waals surface area (Å²) < 4.78 is 5.24. The van der Waals surface area contributed by atoms with Crippen LogP contribution in [0.25, 0.3) is 0 Å². The van der Waals surface area contributed by atoms with Crippen molar-refractivity contribution in [3.63, 3.8) is 0 Å². The normalized spacial score (nSPS) is 10.7. The third-order valence-electron chi connectivity index (χ3n) is 2.84. The highest BCUT2D eigenvalue weighted by atomic mass is 79.9. The van der Waals surface area contributed by atoms with E-state index in [2.05, 4.69) is 37.3 Å². The van der Waals surface area contributed by atoms with Gasteiger partial charge in [0, 0.05) is 5.56 Å². The first kappa shape index (κ1) is 15.7. The Hall–Kier alpha value is -2.65. The van der Waals surface area contributed by atoms with E-state index in [0.29, 0.717) is 15.7 Å². The van der Waals surface area contributed by atoms with Gasteiger partial charge >= 0.3 is 5.97 Å². The van der Waals surface area contributed by atoms with E-state index < -0.39 is 0 Å². The first-order valence-corrected chi connectivity index (χ1v) is 7.11. The lowest BCUT2D eigenvalue weighted by Crippen LogP contribution is -2.02. The van der Waals surface area contributed by atoms with Crippen LogP contribution in [0.3, 0.4) is 0 Å². The monoisotopic (exact) mass is 357 g/mol. The molecule has 2 aromatic carbocycles. The van der Waals surface area contributed by atoms with Gasteiger partial charge in [-0.2, -0.15) is 10.4 Å². The molecule has 0 heterocycles. The second-order valence-corrected chi connectivity index (χ2v) is 5.02. The number of carbonyl (C=O) groups excluding carboxylic acids is 1. The van der Waals surface area contributed by atoms with Gasteiger partial charge in [0.1, 0.15) is 4.62 Å². The van der Waals surface area contributed by atoms with Crippen LogP contribution in [0, 0.1) is 11.3 Å². The number of carbonyl (C=O) groups is 1. The summed E-state index contributed by atoms with van der Waals surface area (Å²) in [4.78, 5) is 11.4. The fraction of sp³-hybridized carbons (Fsp3) is 0.0625. The summed E-state index contributed by atoms with van der Waals surface area (Å²) in [6.07, 6.45) is 0. The first-order chi connectivity index (χ1) is 10.6. The highest BCUT2D eigenvalue weighted by Gasteiger charge is 2.06. The molecule has 0 spiro atoms. The Balaban J connectivity index is 2.08. The highest BCUT2D eigenvalue weighted by Crippen LogP contribution is 2.13. The Kier molecular flexibility index (Phi) is 5.28. The molecule has 0 saturated heterocycles. The summed E-state index contributed by atoms with van der Waals surface area (Å²) in [7, 11) is 1.34. The number of nitrogens with zero attached hydrogens (tertiary/aromatic N) is 2. The van der Waals surface area contributed by atoms with Crippen LogP contribution in [0.2, 0.25) is 0 Å². The summed E-state index contributed by atoms with van der Waals surface area (Å²) in [5.74, 6) is -0.379. The van der Waals surface area contributed by atoms with Crippen LogP contribution in [0.15, 0.2) is 53.6 Å². The molecule has 5 nitrogen and oxygen atoms in total. The van der Waals surface area contributed by atoms with E-state index in [1.165, 1.54) is 7.11 Å². The maximum absolute atomic E-state index is 11.4. The number of nitrogens with one attached hydrogen (secondary N) is 1. The lowest BCUT2D eigenvalue weighted by Gasteiger charge is -2.04. The second kappa shape index (κ2) is 7.38. The SMILES string of the molecule is COC(=O)c1ccc(/C(Br)=N/Nc2ccc(C#N)cc2)cc1. The number of hydrogen-bond acceptors (Lipinski definition) is 5. The van der Waals surface area contributed by atoms with Gasteiger partial charge in [0.25, 0.3) is 0 Å². The molecule has 0 atom stereocenters.